The topological polar surface area (TPSA) is 70.7 Å². The average molecular weight is 344 g/mol. The standard InChI is InChI=1S/C21H20N4O/c1-3-25-20(21(26)23-14-17-7-5-4-6-8-17)19(15(2)24-25)18-11-9-16(13-22)10-12-18/h4-12H,3,14H2,1-2H3,(H,23,26). The van der Waals surface area contributed by atoms with Gasteiger partial charge in [0.1, 0.15) is 5.69 Å². The van der Waals surface area contributed by atoms with Gasteiger partial charge in [0.15, 0.2) is 0 Å². The second-order valence-electron chi connectivity index (χ2n) is 5.98. The first-order valence-corrected chi connectivity index (χ1v) is 8.54. The molecule has 0 spiro atoms. The Balaban J connectivity index is 1.94. The lowest BCUT2D eigenvalue weighted by Gasteiger charge is -2.10. The van der Waals surface area contributed by atoms with Gasteiger partial charge in [0, 0.05) is 18.7 Å². The molecule has 0 aliphatic rings. The molecule has 2 aromatic carbocycles. The summed E-state index contributed by atoms with van der Waals surface area (Å²) in [6.07, 6.45) is 0. The molecular weight excluding hydrogens is 324 g/mol. The molecule has 1 heterocycles. The van der Waals surface area contributed by atoms with Crippen LogP contribution in [0.1, 0.15) is 34.2 Å². The molecule has 0 saturated carbocycles. The smallest absolute Gasteiger partial charge is 0.270 e. The third-order valence-electron chi connectivity index (χ3n) is 4.24. The number of carbonyl (C=O) groups excluding carboxylic acids is 1. The molecule has 5 heteroatoms. The average Bonchev–Trinajstić information content (AvgIpc) is 3.03. The Morgan fingerprint density at radius 3 is 2.46 bits per heavy atom. The van der Waals surface area contributed by atoms with E-state index in [9.17, 15) is 4.79 Å². The lowest BCUT2D eigenvalue weighted by atomic mass is 10.0. The summed E-state index contributed by atoms with van der Waals surface area (Å²) in [5.41, 5.74) is 4.66. The second-order valence-corrected chi connectivity index (χ2v) is 5.98. The SMILES string of the molecule is CCn1nc(C)c(-c2ccc(C#N)cc2)c1C(=O)NCc1ccccc1. The van der Waals surface area contributed by atoms with Crippen molar-refractivity contribution >= 4 is 5.91 Å². The van der Waals surface area contributed by atoms with Crippen LogP contribution >= 0.6 is 0 Å². The number of aryl methyl sites for hydroxylation is 2. The Bertz CT molecular complexity index is 950. The number of nitrogens with one attached hydrogen (secondary N) is 1. The molecule has 0 saturated heterocycles. The zero-order valence-electron chi connectivity index (χ0n) is 14.9. The van der Waals surface area contributed by atoms with Gasteiger partial charge in [-0.15, -0.1) is 0 Å². The van der Waals surface area contributed by atoms with E-state index < -0.39 is 0 Å². The van der Waals surface area contributed by atoms with Gasteiger partial charge >= 0.3 is 0 Å². The van der Waals surface area contributed by atoms with Gasteiger partial charge in [-0.2, -0.15) is 10.4 Å². The van der Waals surface area contributed by atoms with Crippen molar-refractivity contribution in [2.24, 2.45) is 0 Å². The highest BCUT2D eigenvalue weighted by Crippen LogP contribution is 2.28. The van der Waals surface area contributed by atoms with Gasteiger partial charge in [0.05, 0.1) is 17.3 Å². The van der Waals surface area contributed by atoms with Crippen molar-refractivity contribution in [3.8, 4) is 17.2 Å². The number of nitriles is 1. The summed E-state index contributed by atoms with van der Waals surface area (Å²) < 4.78 is 1.73. The predicted octanol–water partition coefficient (Wildman–Crippen LogP) is 3.68. The number of aromatic nitrogens is 2. The third kappa shape index (κ3) is 3.50. The maximum absolute atomic E-state index is 12.9. The molecule has 1 aromatic heterocycles. The minimum atomic E-state index is -0.157. The summed E-state index contributed by atoms with van der Waals surface area (Å²) in [7, 11) is 0. The molecule has 0 aliphatic heterocycles. The minimum absolute atomic E-state index is 0.157. The Kier molecular flexibility index (Phi) is 5.14. The van der Waals surface area contributed by atoms with Crippen LogP contribution in [-0.4, -0.2) is 15.7 Å². The molecule has 0 aliphatic carbocycles. The molecule has 26 heavy (non-hydrogen) atoms. The van der Waals surface area contributed by atoms with Crippen molar-refractivity contribution in [2.45, 2.75) is 26.9 Å². The molecule has 0 radical (unpaired) electrons. The summed E-state index contributed by atoms with van der Waals surface area (Å²) in [6.45, 7) is 4.92. The predicted molar refractivity (Wildman–Crippen MR) is 100 cm³/mol. The Hall–Kier alpha value is -3.39. The van der Waals surface area contributed by atoms with E-state index in [4.69, 9.17) is 5.26 Å². The molecule has 0 bridgehead atoms. The lowest BCUT2D eigenvalue weighted by Crippen LogP contribution is -2.26. The quantitative estimate of drug-likeness (QED) is 0.767. The van der Waals surface area contributed by atoms with E-state index in [0.29, 0.717) is 24.3 Å². The third-order valence-corrected chi connectivity index (χ3v) is 4.24. The molecular formula is C21H20N4O. The largest absolute Gasteiger partial charge is 0.347 e. The van der Waals surface area contributed by atoms with E-state index in [0.717, 1.165) is 22.4 Å². The number of hydrogen-bond donors (Lipinski definition) is 1. The van der Waals surface area contributed by atoms with Crippen LogP contribution in [0, 0.1) is 18.3 Å². The van der Waals surface area contributed by atoms with Crippen molar-refractivity contribution in [3.63, 3.8) is 0 Å². The van der Waals surface area contributed by atoms with Crippen molar-refractivity contribution in [2.75, 3.05) is 0 Å². The molecule has 3 rings (SSSR count). The number of amides is 1. The molecule has 130 valence electrons. The minimum Gasteiger partial charge on any atom is -0.347 e. The summed E-state index contributed by atoms with van der Waals surface area (Å²) in [6, 6.07) is 19.1. The van der Waals surface area contributed by atoms with Crippen LogP contribution in [0.2, 0.25) is 0 Å². The zero-order chi connectivity index (χ0) is 18.5. The monoisotopic (exact) mass is 344 g/mol. The highest BCUT2D eigenvalue weighted by molar-refractivity contribution is 6.00. The van der Waals surface area contributed by atoms with Crippen LogP contribution < -0.4 is 5.32 Å². The van der Waals surface area contributed by atoms with Crippen molar-refractivity contribution in [1.82, 2.24) is 15.1 Å². The highest BCUT2D eigenvalue weighted by atomic mass is 16.2. The molecule has 0 fully saturated rings. The van der Waals surface area contributed by atoms with Crippen molar-refractivity contribution in [3.05, 3.63) is 77.1 Å². The van der Waals surface area contributed by atoms with E-state index in [-0.39, 0.29) is 5.91 Å². The van der Waals surface area contributed by atoms with Crippen molar-refractivity contribution in [1.29, 1.82) is 5.26 Å². The normalized spacial score (nSPS) is 10.3. The first-order chi connectivity index (χ1) is 12.6. The van der Waals surface area contributed by atoms with Gasteiger partial charge < -0.3 is 5.32 Å². The van der Waals surface area contributed by atoms with Gasteiger partial charge in [-0.25, -0.2) is 0 Å². The van der Waals surface area contributed by atoms with Crippen molar-refractivity contribution < 1.29 is 4.79 Å². The number of nitrogens with zero attached hydrogens (tertiary/aromatic N) is 3. The second kappa shape index (κ2) is 7.66. The number of carbonyl (C=O) groups is 1. The summed E-state index contributed by atoms with van der Waals surface area (Å²) in [4.78, 5) is 12.9. The Morgan fingerprint density at radius 1 is 1.15 bits per heavy atom. The van der Waals surface area contributed by atoms with Gasteiger partial charge in [-0.3, -0.25) is 9.48 Å². The summed E-state index contributed by atoms with van der Waals surface area (Å²) in [5.74, 6) is -0.157. The fourth-order valence-electron chi connectivity index (χ4n) is 2.96. The van der Waals surface area contributed by atoms with Gasteiger partial charge in [-0.05, 0) is 37.1 Å². The van der Waals surface area contributed by atoms with E-state index in [1.807, 2.05) is 56.3 Å². The van der Waals surface area contributed by atoms with Crippen LogP contribution in [0.15, 0.2) is 54.6 Å². The number of rotatable bonds is 5. The highest BCUT2D eigenvalue weighted by Gasteiger charge is 2.22. The molecule has 0 atom stereocenters. The summed E-state index contributed by atoms with van der Waals surface area (Å²) >= 11 is 0. The van der Waals surface area contributed by atoms with E-state index >= 15 is 0 Å². The van der Waals surface area contributed by atoms with E-state index in [2.05, 4.69) is 16.5 Å². The maximum atomic E-state index is 12.9. The van der Waals surface area contributed by atoms with E-state index in [1.54, 1.807) is 16.8 Å². The number of benzene rings is 2. The summed E-state index contributed by atoms with van der Waals surface area (Å²) in [5, 5.41) is 16.5. The molecule has 0 unspecified atom stereocenters. The Labute approximate surface area is 152 Å². The fourth-order valence-corrected chi connectivity index (χ4v) is 2.96. The zero-order valence-corrected chi connectivity index (χ0v) is 14.9. The molecule has 5 nitrogen and oxygen atoms in total. The van der Waals surface area contributed by atoms with Gasteiger partial charge in [0.2, 0.25) is 0 Å². The molecule has 3 aromatic rings. The molecule has 1 N–H and O–H groups in total. The van der Waals surface area contributed by atoms with Crippen LogP contribution in [0.4, 0.5) is 0 Å². The van der Waals surface area contributed by atoms with Crippen LogP contribution in [0.25, 0.3) is 11.1 Å². The first-order valence-electron chi connectivity index (χ1n) is 8.54. The maximum Gasteiger partial charge on any atom is 0.270 e. The van der Waals surface area contributed by atoms with E-state index in [1.165, 1.54) is 0 Å². The first kappa shape index (κ1) is 17.4. The Morgan fingerprint density at radius 2 is 1.85 bits per heavy atom. The number of hydrogen-bond acceptors (Lipinski definition) is 3. The fraction of sp³-hybridized carbons (Fsp3) is 0.190. The van der Waals surface area contributed by atoms with Gasteiger partial charge in [-0.1, -0.05) is 42.5 Å². The van der Waals surface area contributed by atoms with Crippen LogP contribution in [0.3, 0.4) is 0 Å². The van der Waals surface area contributed by atoms with Gasteiger partial charge in [0.25, 0.3) is 5.91 Å². The van der Waals surface area contributed by atoms with Crippen LogP contribution in [0.5, 0.6) is 0 Å². The lowest BCUT2D eigenvalue weighted by molar-refractivity contribution is 0.0941. The molecule has 1 amide bonds. The van der Waals surface area contributed by atoms with Crippen LogP contribution in [-0.2, 0) is 13.1 Å².